The fourth-order valence-electron chi connectivity index (χ4n) is 5.11. The van der Waals surface area contributed by atoms with Gasteiger partial charge in [0.15, 0.2) is 11.6 Å². The van der Waals surface area contributed by atoms with Gasteiger partial charge in [0.1, 0.15) is 18.7 Å². The van der Waals surface area contributed by atoms with Crippen LogP contribution in [0.25, 0.3) is 0 Å². The third-order valence-electron chi connectivity index (χ3n) is 7.20. The van der Waals surface area contributed by atoms with E-state index in [-0.39, 0.29) is 23.5 Å². The molecule has 2 unspecified atom stereocenters. The van der Waals surface area contributed by atoms with Crippen LogP contribution in [0.15, 0.2) is 54.9 Å². The summed E-state index contributed by atoms with van der Waals surface area (Å²) in [4.78, 5) is 10.4. The lowest BCUT2D eigenvalue weighted by Crippen LogP contribution is -2.25. The third kappa shape index (κ3) is 6.06. The zero-order chi connectivity index (χ0) is 25.8. The van der Waals surface area contributed by atoms with Crippen molar-refractivity contribution in [1.29, 1.82) is 0 Å². The summed E-state index contributed by atoms with van der Waals surface area (Å²) in [5.74, 6) is -2.23. The first-order valence-electron chi connectivity index (χ1n) is 13.0. The van der Waals surface area contributed by atoms with Crippen molar-refractivity contribution < 1.29 is 22.6 Å². The minimum Gasteiger partial charge on any atom is -0.491 e. The number of hydrogen-bond acceptors (Lipinski definition) is 5. The van der Waals surface area contributed by atoms with Gasteiger partial charge in [-0.05, 0) is 61.8 Å². The van der Waals surface area contributed by atoms with Crippen molar-refractivity contribution in [3.8, 4) is 5.75 Å². The molecule has 8 heteroatoms. The Kier molecular flexibility index (Phi) is 7.65. The van der Waals surface area contributed by atoms with Crippen LogP contribution in [0.3, 0.4) is 0 Å². The largest absolute Gasteiger partial charge is 0.491 e. The molecule has 2 fully saturated rings. The molecule has 2 aliphatic heterocycles. The van der Waals surface area contributed by atoms with Gasteiger partial charge in [-0.25, -0.2) is 23.1 Å². The third-order valence-corrected chi connectivity index (χ3v) is 7.20. The molecule has 2 aliphatic rings. The molecule has 2 saturated heterocycles. The van der Waals surface area contributed by atoms with Crippen molar-refractivity contribution in [2.45, 2.75) is 63.5 Å². The maximum atomic E-state index is 15.6. The predicted octanol–water partition coefficient (Wildman–Crippen LogP) is 6.41. The van der Waals surface area contributed by atoms with Crippen LogP contribution in [0.1, 0.15) is 61.0 Å². The Balaban J connectivity index is 1.23. The Bertz CT molecular complexity index is 1180. The molecule has 3 heterocycles. The first kappa shape index (κ1) is 25.5. The van der Waals surface area contributed by atoms with Gasteiger partial charge in [0, 0.05) is 25.6 Å². The van der Waals surface area contributed by atoms with Gasteiger partial charge < -0.3 is 14.4 Å². The lowest BCUT2D eigenvalue weighted by molar-refractivity contribution is 0.0174. The highest BCUT2D eigenvalue weighted by atomic mass is 19.3. The highest BCUT2D eigenvalue weighted by Gasteiger charge is 2.31. The van der Waals surface area contributed by atoms with Crippen molar-refractivity contribution in [3.63, 3.8) is 0 Å². The highest BCUT2D eigenvalue weighted by molar-refractivity contribution is 5.46. The van der Waals surface area contributed by atoms with Gasteiger partial charge in [-0.15, -0.1) is 0 Å². The SMILES string of the molecule is CC(F)(F)c1ccc(C2CCCN2c2ncnc(CCc3ccc(OCC4CCCO4)cc3)c2F)cc1. The van der Waals surface area contributed by atoms with Crippen LogP contribution in [-0.2, 0) is 23.5 Å². The predicted molar refractivity (Wildman–Crippen MR) is 136 cm³/mol. The molecule has 2 aromatic carbocycles. The monoisotopic (exact) mass is 511 g/mol. The van der Waals surface area contributed by atoms with Crippen LogP contribution >= 0.6 is 0 Å². The van der Waals surface area contributed by atoms with Gasteiger partial charge in [-0.3, -0.25) is 0 Å². The Morgan fingerprint density at radius 2 is 1.78 bits per heavy atom. The van der Waals surface area contributed by atoms with E-state index in [4.69, 9.17) is 9.47 Å². The Hall–Kier alpha value is -3.13. The molecule has 0 aliphatic carbocycles. The molecule has 5 nitrogen and oxygen atoms in total. The molecule has 0 N–H and O–H groups in total. The summed E-state index contributed by atoms with van der Waals surface area (Å²) in [6, 6.07) is 14.1. The molecule has 2 atom stereocenters. The second-order valence-corrected chi connectivity index (χ2v) is 9.91. The van der Waals surface area contributed by atoms with E-state index < -0.39 is 11.7 Å². The number of nitrogens with zero attached hydrogens (tertiary/aromatic N) is 3. The van der Waals surface area contributed by atoms with Crippen LogP contribution < -0.4 is 9.64 Å². The standard InChI is InChI=1S/C29H32F3N3O2/c1-29(31,32)22-11-9-21(10-12-22)26-5-2-16-35(26)28-27(30)25(33-19-34-28)15-8-20-6-13-23(14-7-20)37-18-24-4-3-17-36-24/h6-7,9-14,19,24,26H,2-5,8,15-18H2,1H3. The van der Waals surface area contributed by atoms with E-state index >= 15 is 4.39 Å². The summed E-state index contributed by atoms with van der Waals surface area (Å²) in [5, 5.41) is 0. The summed E-state index contributed by atoms with van der Waals surface area (Å²) in [7, 11) is 0. The van der Waals surface area contributed by atoms with Crippen LogP contribution in [0.2, 0.25) is 0 Å². The van der Waals surface area contributed by atoms with Gasteiger partial charge in [0.25, 0.3) is 5.92 Å². The number of benzene rings is 2. The molecule has 5 rings (SSSR count). The van der Waals surface area contributed by atoms with E-state index in [1.165, 1.54) is 18.5 Å². The topological polar surface area (TPSA) is 47.5 Å². The van der Waals surface area contributed by atoms with E-state index in [2.05, 4.69) is 9.97 Å². The summed E-state index contributed by atoms with van der Waals surface area (Å²) in [6.07, 6.45) is 6.45. The molecule has 0 bridgehead atoms. The number of aryl methyl sites for hydroxylation is 2. The van der Waals surface area contributed by atoms with E-state index in [0.29, 0.717) is 31.7 Å². The minimum atomic E-state index is -2.89. The number of anilines is 1. The molecule has 0 amide bonds. The number of halogens is 3. The van der Waals surface area contributed by atoms with Crippen molar-refractivity contribution >= 4 is 5.82 Å². The van der Waals surface area contributed by atoms with Crippen LogP contribution in [0.4, 0.5) is 19.0 Å². The maximum absolute atomic E-state index is 15.6. The summed E-state index contributed by atoms with van der Waals surface area (Å²) < 4.78 is 54.2. The molecule has 3 aromatic rings. The first-order chi connectivity index (χ1) is 17.9. The lowest BCUT2D eigenvalue weighted by Gasteiger charge is -2.27. The second kappa shape index (κ2) is 11.1. The first-order valence-corrected chi connectivity index (χ1v) is 13.0. The Morgan fingerprint density at radius 1 is 1.00 bits per heavy atom. The Morgan fingerprint density at radius 3 is 2.49 bits per heavy atom. The van der Waals surface area contributed by atoms with Gasteiger partial charge >= 0.3 is 0 Å². The number of hydrogen-bond donors (Lipinski definition) is 0. The zero-order valence-electron chi connectivity index (χ0n) is 21.0. The number of aromatic nitrogens is 2. The molecular weight excluding hydrogens is 479 g/mol. The van der Waals surface area contributed by atoms with Gasteiger partial charge in [0.2, 0.25) is 0 Å². The van der Waals surface area contributed by atoms with E-state index in [0.717, 1.165) is 56.1 Å². The molecular formula is C29H32F3N3O2. The highest BCUT2D eigenvalue weighted by Crippen LogP contribution is 2.38. The fourth-order valence-corrected chi connectivity index (χ4v) is 5.11. The van der Waals surface area contributed by atoms with E-state index in [1.807, 2.05) is 29.2 Å². The van der Waals surface area contributed by atoms with Crippen LogP contribution in [0, 0.1) is 5.82 Å². The van der Waals surface area contributed by atoms with Crippen molar-refractivity contribution in [2.75, 3.05) is 24.7 Å². The number of alkyl halides is 2. The molecule has 196 valence electrons. The average molecular weight is 512 g/mol. The van der Waals surface area contributed by atoms with Gasteiger partial charge in [0.05, 0.1) is 17.8 Å². The normalized spacial score (nSPS) is 19.9. The zero-order valence-corrected chi connectivity index (χ0v) is 21.0. The smallest absolute Gasteiger partial charge is 0.270 e. The van der Waals surface area contributed by atoms with Gasteiger partial charge in [-0.2, -0.15) is 0 Å². The number of ether oxygens (including phenoxy) is 2. The maximum Gasteiger partial charge on any atom is 0.270 e. The van der Waals surface area contributed by atoms with E-state index in [1.54, 1.807) is 12.1 Å². The quantitative estimate of drug-likeness (QED) is 0.332. The van der Waals surface area contributed by atoms with Crippen LogP contribution in [0.5, 0.6) is 5.75 Å². The number of rotatable bonds is 9. The second-order valence-electron chi connectivity index (χ2n) is 9.91. The van der Waals surface area contributed by atoms with E-state index in [9.17, 15) is 8.78 Å². The van der Waals surface area contributed by atoms with Gasteiger partial charge in [-0.1, -0.05) is 36.4 Å². The molecule has 1 aromatic heterocycles. The molecule has 37 heavy (non-hydrogen) atoms. The summed E-state index contributed by atoms with van der Waals surface area (Å²) >= 11 is 0. The lowest BCUT2D eigenvalue weighted by atomic mass is 10.0. The molecule has 0 spiro atoms. The van der Waals surface area contributed by atoms with Crippen molar-refractivity contribution in [1.82, 2.24) is 9.97 Å². The molecule has 0 radical (unpaired) electrons. The minimum absolute atomic E-state index is 0.0290. The fraction of sp³-hybridized carbons (Fsp3) is 0.448. The summed E-state index contributed by atoms with van der Waals surface area (Å²) in [5.41, 5.74) is 2.29. The van der Waals surface area contributed by atoms with Crippen LogP contribution in [-0.4, -0.2) is 35.8 Å². The molecule has 0 saturated carbocycles. The van der Waals surface area contributed by atoms with Crippen molar-refractivity contribution in [3.05, 3.63) is 83.1 Å². The Labute approximate surface area is 215 Å². The van der Waals surface area contributed by atoms with Crippen molar-refractivity contribution in [2.24, 2.45) is 0 Å². The average Bonchev–Trinajstić information content (AvgIpc) is 3.60. The summed E-state index contributed by atoms with van der Waals surface area (Å²) in [6.45, 7) is 2.90.